The van der Waals surface area contributed by atoms with Gasteiger partial charge in [-0.1, -0.05) is 30.3 Å². The molecule has 0 saturated carbocycles. The molecule has 1 fully saturated rings. The zero-order chi connectivity index (χ0) is 13.8. The first-order valence-corrected chi connectivity index (χ1v) is 8.24. The fourth-order valence-corrected chi connectivity index (χ4v) is 3.55. The van der Waals surface area contributed by atoms with Crippen LogP contribution in [0.3, 0.4) is 0 Å². The number of hydrogen-bond donors (Lipinski definition) is 0. The second-order valence-electron chi connectivity index (χ2n) is 5.48. The third-order valence-electron chi connectivity index (χ3n) is 3.91. The Bertz CT molecular complexity index is 545. The van der Waals surface area contributed by atoms with E-state index in [9.17, 15) is 0 Å². The van der Waals surface area contributed by atoms with Gasteiger partial charge in [-0.2, -0.15) is 0 Å². The van der Waals surface area contributed by atoms with E-state index in [0.717, 1.165) is 34.8 Å². The van der Waals surface area contributed by atoms with E-state index in [1.165, 1.54) is 18.4 Å². The largest absolute Gasteiger partial charge is 0.457 e. The van der Waals surface area contributed by atoms with E-state index >= 15 is 0 Å². The van der Waals surface area contributed by atoms with Crippen LogP contribution in [0.4, 0.5) is 0 Å². The van der Waals surface area contributed by atoms with Crippen LogP contribution in [0.25, 0.3) is 0 Å². The Morgan fingerprint density at radius 3 is 2.25 bits per heavy atom. The van der Waals surface area contributed by atoms with E-state index in [1.807, 2.05) is 42.5 Å². The summed E-state index contributed by atoms with van der Waals surface area (Å²) < 4.78 is 11.9. The van der Waals surface area contributed by atoms with Gasteiger partial charge in [0.15, 0.2) is 0 Å². The minimum Gasteiger partial charge on any atom is -0.457 e. The van der Waals surface area contributed by atoms with Gasteiger partial charge >= 0.3 is 0 Å². The highest BCUT2D eigenvalue weighted by molar-refractivity contribution is 6.14. The lowest BCUT2D eigenvalue weighted by Gasteiger charge is -2.34. The zero-order valence-electron chi connectivity index (χ0n) is 11.8. The summed E-state index contributed by atoms with van der Waals surface area (Å²) >= 11 is 0. The van der Waals surface area contributed by atoms with Gasteiger partial charge in [0.05, 0.1) is 5.22 Å². The fourth-order valence-electron chi connectivity index (χ4n) is 2.66. The summed E-state index contributed by atoms with van der Waals surface area (Å²) in [7, 11) is 1.03. The number of rotatable bonds is 3. The van der Waals surface area contributed by atoms with Crippen molar-refractivity contribution in [1.82, 2.24) is 0 Å². The second-order valence-corrected chi connectivity index (χ2v) is 7.09. The zero-order valence-corrected chi connectivity index (χ0v) is 13.8. The van der Waals surface area contributed by atoms with E-state index in [4.69, 9.17) is 9.47 Å². The van der Waals surface area contributed by atoms with Crippen LogP contribution in [0.1, 0.15) is 24.8 Å². The first kappa shape index (κ1) is 13.4. The molecule has 1 aliphatic rings. The van der Waals surface area contributed by atoms with Gasteiger partial charge in [-0.3, -0.25) is 0 Å². The molecule has 1 saturated heterocycles. The van der Waals surface area contributed by atoms with Gasteiger partial charge in [-0.05, 0) is 49.1 Å². The minimum absolute atomic E-state index is 0.00350. The molecule has 20 heavy (non-hydrogen) atoms. The molecule has 2 aromatic rings. The molecule has 0 aliphatic carbocycles. The van der Waals surface area contributed by atoms with E-state index in [2.05, 4.69) is 12.1 Å². The summed E-state index contributed by atoms with van der Waals surface area (Å²) in [5.74, 6) is 1.75. The molecule has 0 bridgehead atoms. The van der Waals surface area contributed by atoms with Gasteiger partial charge in [0, 0.05) is 16.8 Å². The van der Waals surface area contributed by atoms with Crippen LogP contribution < -0.4 is 4.74 Å². The van der Waals surface area contributed by atoms with Gasteiger partial charge in [0.1, 0.15) is 11.5 Å². The van der Waals surface area contributed by atoms with E-state index < -0.39 is 0 Å². The average Bonchev–Trinajstić information content (AvgIpc) is 2.50. The van der Waals surface area contributed by atoms with Gasteiger partial charge in [-0.25, -0.2) is 0 Å². The van der Waals surface area contributed by atoms with E-state index in [-0.39, 0.29) is 5.22 Å². The number of ether oxygens (including phenoxy) is 2. The topological polar surface area (TPSA) is 18.5 Å². The predicted molar refractivity (Wildman–Crippen MR) is 84.4 cm³/mol. The second kappa shape index (κ2) is 5.81. The van der Waals surface area contributed by atoms with Crippen LogP contribution in [-0.4, -0.2) is 16.8 Å². The molecule has 3 heteroatoms. The maximum Gasteiger partial charge on any atom is 0.127 e. The SMILES string of the molecule is [SiH3]C1(c2ccc(Oc3ccccc3)cc2)CCCCO1. The van der Waals surface area contributed by atoms with Crippen molar-refractivity contribution in [1.29, 1.82) is 0 Å². The van der Waals surface area contributed by atoms with Crippen molar-refractivity contribution in [3.63, 3.8) is 0 Å². The Labute approximate surface area is 123 Å². The van der Waals surface area contributed by atoms with Gasteiger partial charge < -0.3 is 9.47 Å². The predicted octanol–water partition coefficient (Wildman–Crippen LogP) is 3.20. The first-order valence-electron chi connectivity index (χ1n) is 7.24. The smallest absolute Gasteiger partial charge is 0.127 e. The molecule has 1 atom stereocenters. The van der Waals surface area contributed by atoms with Crippen molar-refractivity contribution in [2.75, 3.05) is 6.61 Å². The minimum atomic E-state index is 0.00350. The van der Waals surface area contributed by atoms with Crippen molar-refractivity contribution in [3.05, 3.63) is 60.2 Å². The maximum absolute atomic E-state index is 6.03. The third-order valence-corrected chi connectivity index (χ3v) is 5.28. The molecule has 1 aliphatic heterocycles. The maximum atomic E-state index is 6.03. The van der Waals surface area contributed by atoms with E-state index in [1.54, 1.807) is 0 Å². The monoisotopic (exact) mass is 284 g/mol. The lowest BCUT2D eigenvalue weighted by molar-refractivity contribution is -0.0210. The van der Waals surface area contributed by atoms with E-state index in [0.29, 0.717) is 0 Å². The van der Waals surface area contributed by atoms with Gasteiger partial charge in [0.25, 0.3) is 0 Å². The summed E-state index contributed by atoms with van der Waals surface area (Å²) in [6.45, 7) is 0.895. The summed E-state index contributed by atoms with van der Waals surface area (Å²) in [6.07, 6.45) is 3.61. The Morgan fingerprint density at radius 2 is 1.60 bits per heavy atom. The van der Waals surface area contributed by atoms with Crippen LogP contribution in [-0.2, 0) is 9.96 Å². The fraction of sp³-hybridized carbons (Fsp3) is 0.294. The van der Waals surface area contributed by atoms with Crippen molar-refractivity contribution >= 4 is 10.2 Å². The molecule has 0 amide bonds. The molecule has 2 aromatic carbocycles. The molecule has 0 N–H and O–H groups in total. The van der Waals surface area contributed by atoms with Crippen LogP contribution >= 0.6 is 0 Å². The highest BCUT2D eigenvalue weighted by Gasteiger charge is 2.29. The molecular weight excluding hydrogens is 264 g/mol. The molecular formula is C17H20O2Si. The Hall–Kier alpha value is -1.58. The summed E-state index contributed by atoms with van der Waals surface area (Å²) in [5, 5.41) is 0.00350. The summed E-state index contributed by atoms with van der Waals surface area (Å²) in [6, 6.07) is 18.3. The summed E-state index contributed by atoms with van der Waals surface area (Å²) in [4.78, 5) is 0. The van der Waals surface area contributed by atoms with Crippen LogP contribution in [0, 0.1) is 0 Å². The number of benzene rings is 2. The molecule has 104 valence electrons. The lowest BCUT2D eigenvalue weighted by Crippen LogP contribution is -2.33. The normalized spacial score (nSPS) is 22.6. The summed E-state index contributed by atoms with van der Waals surface area (Å²) in [5.41, 5.74) is 1.30. The highest BCUT2D eigenvalue weighted by Crippen LogP contribution is 2.33. The Balaban J connectivity index is 1.74. The average molecular weight is 284 g/mol. The lowest BCUT2D eigenvalue weighted by atomic mass is 10.0. The van der Waals surface area contributed by atoms with Crippen molar-refractivity contribution in [3.8, 4) is 11.5 Å². The van der Waals surface area contributed by atoms with Crippen LogP contribution in [0.2, 0.25) is 0 Å². The molecule has 2 nitrogen and oxygen atoms in total. The number of para-hydroxylation sites is 1. The molecule has 1 heterocycles. The molecule has 0 radical (unpaired) electrons. The first-order chi connectivity index (χ1) is 9.76. The van der Waals surface area contributed by atoms with Crippen LogP contribution in [0.5, 0.6) is 11.5 Å². The van der Waals surface area contributed by atoms with Crippen LogP contribution in [0.15, 0.2) is 54.6 Å². The molecule has 0 spiro atoms. The highest BCUT2D eigenvalue weighted by atomic mass is 28.1. The van der Waals surface area contributed by atoms with Gasteiger partial charge in [0.2, 0.25) is 0 Å². The standard InChI is InChI=1S/C17H20O2Si/c20-17(12-4-5-13-18-17)14-8-10-16(11-9-14)19-15-6-2-1-3-7-15/h1-3,6-11H,4-5,12-13H2,20H3. The number of hydrogen-bond acceptors (Lipinski definition) is 2. The van der Waals surface area contributed by atoms with Crippen molar-refractivity contribution < 1.29 is 9.47 Å². The van der Waals surface area contributed by atoms with Gasteiger partial charge in [-0.15, -0.1) is 0 Å². The molecule has 1 unspecified atom stereocenters. The quantitative estimate of drug-likeness (QED) is 0.806. The van der Waals surface area contributed by atoms with Crippen molar-refractivity contribution in [2.45, 2.75) is 24.5 Å². The van der Waals surface area contributed by atoms with Crippen molar-refractivity contribution in [2.24, 2.45) is 0 Å². The Kier molecular flexibility index (Phi) is 3.90. The Morgan fingerprint density at radius 1 is 0.900 bits per heavy atom. The third kappa shape index (κ3) is 2.94. The molecule has 0 aromatic heterocycles. The molecule has 3 rings (SSSR count).